The summed E-state index contributed by atoms with van der Waals surface area (Å²) in [6, 6.07) is 0. The van der Waals surface area contributed by atoms with Crippen molar-refractivity contribution in [2.75, 3.05) is 0 Å². The fraction of sp³-hybridized carbons (Fsp3) is 0. The van der Waals surface area contributed by atoms with Gasteiger partial charge in [0.1, 0.15) is 0 Å². The van der Waals surface area contributed by atoms with Crippen molar-refractivity contribution in [1.29, 1.82) is 0 Å². The first-order valence-electron chi connectivity index (χ1n) is 0.250. The predicted molar refractivity (Wildman–Crippen MR) is 6.49 cm³/mol. The maximum Gasteiger partial charge on any atom is 1.00 e. The molecule has 0 rings (SSSR count). The van der Waals surface area contributed by atoms with Gasteiger partial charge < -0.3 is 12.8 Å². The molecule has 0 bridgehead atoms. The Morgan fingerprint density at radius 2 is 0.750 bits per heavy atom. The summed E-state index contributed by atoms with van der Waals surface area (Å²) in [6.45, 7) is 0. The van der Waals surface area contributed by atoms with Crippen LogP contribution in [0.3, 0.4) is 0 Å². The number of rotatable bonds is 0. The molecule has 0 nitrogen and oxygen atoms in total. The first-order valence-corrected chi connectivity index (χ1v) is 0.250. The first-order chi connectivity index (χ1) is 1.00. The Morgan fingerprint density at radius 3 is 0.750 bits per heavy atom. The SMILES string of the molecule is [C-]#[C-].[Hg+].[Hg+]. The van der Waals surface area contributed by atoms with Crippen LogP contribution in [0.1, 0.15) is 0 Å². The van der Waals surface area contributed by atoms with E-state index in [1.807, 2.05) is 0 Å². The van der Waals surface area contributed by atoms with Crippen molar-refractivity contribution in [3.8, 4) is 0 Å². The third kappa shape index (κ3) is 9.90. The second-order valence-electron chi connectivity index (χ2n) is 0. The van der Waals surface area contributed by atoms with E-state index < -0.39 is 0 Å². The van der Waals surface area contributed by atoms with Crippen LogP contribution in [-0.4, -0.2) is 0 Å². The number of hydrogen-bond acceptors (Lipinski definition) is 0. The van der Waals surface area contributed by atoms with Gasteiger partial charge in [0.05, 0.1) is 0 Å². The zero-order valence-electron chi connectivity index (χ0n) is 2.41. The molecule has 0 heterocycles. The van der Waals surface area contributed by atoms with Gasteiger partial charge >= 0.3 is 55.3 Å². The molecular formula is C2Hg2. The van der Waals surface area contributed by atoms with E-state index in [0.29, 0.717) is 0 Å². The second kappa shape index (κ2) is 25.5. The van der Waals surface area contributed by atoms with Crippen LogP contribution in [0.5, 0.6) is 0 Å². The van der Waals surface area contributed by atoms with Crippen molar-refractivity contribution in [1.82, 2.24) is 0 Å². The molecule has 0 amide bonds. The Balaban J connectivity index is -0.00000000500. The molecular weight excluding hydrogens is 425 g/mol. The number of hydrogen-bond donors (Lipinski definition) is 0. The van der Waals surface area contributed by atoms with E-state index in [4.69, 9.17) is 12.8 Å². The largest absolute Gasteiger partial charge is 1.00 e. The predicted octanol–water partition coefficient (Wildman–Crippen LogP) is 0.158. The van der Waals surface area contributed by atoms with Crippen molar-refractivity contribution < 1.29 is 55.3 Å². The molecule has 0 aromatic rings. The maximum absolute atomic E-state index is 5.00. The van der Waals surface area contributed by atoms with Crippen molar-refractivity contribution in [2.24, 2.45) is 0 Å². The molecule has 0 atom stereocenters. The van der Waals surface area contributed by atoms with Gasteiger partial charge in [-0.05, 0) is 0 Å². The first kappa shape index (κ1) is 18.0. The van der Waals surface area contributed by atoms with E-state index in [-0.39, 0.29) is 55.3 Å². The van der Waals surface area contributed by atoms with Gasteiger partial charge in [-0.1, -0.05) is 0 Å². The molecule has 0 saturated carbocycles. The van der Waals surface area contributed by atoms with Crippen LogP contribution in [0.25, 0.3) is 0 Å². The fourth-order valence-electron chi connectivity index (χ4n) is 0. The molecule has 0 aliphatic heterocycles. The summed E-state index contributed by atoms with van der Waals surface area (Å²) in [7, 11) is 0. The van der Waals surface area contributed by atoms with Crippen molar-refractivity contribution in [2.45, 2.75) is 0 Å². The molecule has 12 valence electrons. The molecule has 2 heteroatoms. The monoisotopic (exact) mass is 428 g/mol. The van der Waals surface area contributed by atoms with Gasteiger partial charge in [-0.2, -0.15) is 0 Å². The van der Waals surface area contributed by atoms with Gasteiger partial charge in [0.2, 0.25) is 0 Å². The molecule has 0 fully saturated rings. The van der Waals surface area contributed by atoms with Crippen LogP contribution < -0.4 is 0 Å². The normalized spacial score (nSPS) is 0.500. The molecule has 0 aliphatic carbocycles. The Morgan fingerprint density at radius 1 is 0.750 bits per heavy atom. The third-order valence-electron chi connectivity index (χ3n) is 0. The third-order valence-corrected chi connectivity index (χ3v) is 0. The van der Waals surface area contributed by atoms with E-state index in [1.54, 1.807) is 0 Å². The Hall–Kier alpha value is 1.43. The zero-order valence-corrected chi connectivity index (χ0v) is 13.4. The smallest absolute Gasteiger partial charge is 1.00 e. The summed E-state index contributed by atoms with van der Waals surface area (Å²) in [5.74, 6) is 0. The minimum Gasteiger partial charge on any atom is -1.00 e. The Kier molecular flexibility index (Phi) is 115. The van der Waals surface area contributed by atoms with Gasteiger partial charge in [-0.25, -0.2) is 0 Å². The molecule has 0 aromatic heterocycles. The van der Waals surface area contributed by atoms with Crippen LogP contribution in [0.2, 0.25) is 0 Å². The topological polar surface area (TPSA) is 0 Å². The molecule has 0 unspecified atom stereocenters. The summed E-state index contributed by atoms with van der Waals surface area (Å²) >= 11 is 0. The van der Waals surface area contributed by atoms with Gasteiger partial charge in [0, 0.05) is 0 Å². The minimum absolute atomic E-state index is 0. The average molecular weight is 425 g/mol. The summed E-state index contributed by atoms with van der Waals surface area (Å²) < 4.78 is 0. The van der Waals surface area contributed by atoms with Crippen LogP contribution in [0, 0.1) is 12.8 Å². The summed E-state index contributed by atoms with van der Waals surface area (Å²) in [5.41, 5.74) is 0. The van der Waals surface area contributed by atoms with Gasteiger partial charge in [0.15, 0.2) is 0 Å². The standard InChI is InChI=1S/C2.2Hg/c1-2;;/q-2;2*+1. The average Bonchev–Trinajstić information content (AvgIpc) is 1.00. The zero-order chi connectivity index (χ0) is 2.00. The van der Waals surface area contributed by atoms with Gasteiger partial charge in [0.25, 0.3) is 0 Å². The van der Waals surface area contributed by atoms with E-state index >= 15 is 0 Å². The molecule has 4 heavy (non-hydrogen) atoms. The maximum atomic E-state index is 5.00. The molecule has 2 radical (unpaired) electrons. The molecule has 0 N–H and O–H groups in total. The molecule has 0 spiro atoms. The van der Waals surface area contributed by atoms with Crippen LogP contribution >= 0.6 is 0 Å². The fourth-order valence-corrected chi connectivity index (χ4v) is 0. The van der Waals surface area contributed by atoms with E-state index in [9.17, 15) is 0 Å². The molecule has 0 saturated heterocycles. The second-order valence-corrected chi connectivity index (χ2v) is 0. The quantitative estimate of drug-likeness (QED) is 0.295. The van der Waals surface area contributed by atoms with E-state index in [0.717, 1.165) is 0 Å². The molecule has 0 aliphatic rings. The summed E-state index contributed by atoms with van der Waals surface area (Å²) in [6.07, 6.45) is 10.0. The minimum atomic E-state index is 0. The van der Waals surface area contributed by atoms with Crippen LogP contribution in [0.4, 0.5) is 0 Å². The Labute approximate surface area is 67.4 Å². The Bertz CT molecular complexity index is 8.75. The van der Waals surface area contributed by atoms with Gasteiger partial charge in [-0.15, -0.1) is 0 Å². The summed E-state index contributed by atoms with van der Waals surface area (Å²) in [4.78, 5) is 0. The van der Waals surface area contributed by atoms with Crippen LogP contribution in [0.15, 0.2) is 0 Å². The summed E-state index contributed by atoms with van der Waals surface area (Å²) in [5, 5.41) is 0. The van der Waals surface area contributed by atoms with Crippen molar-refractivity contribution >= 4 is 0 Å². The van der Waals surface area contributed by atoms with Crippen LogP contribution in [-0.2, 0) is 55.3 Å². The molecule has 0 aromatic carbocycles. The van der Waals surface area contributed by atoms with Gasteiger partial charge in [-0.3, -0.25) is 0 Å². The van der Waals surface area contributed by atoms with E-state index in [1.165, 1.54) is 0 Å². The van der Waals surface area contributed by atoms with E-state index in [2.05, 4.69) is 0 Å². The van der Waals surface area contributed by atoms with Crippen molar-refractivity contribution in [3.63, 3.8) is 0 Å². The van der Waals surface area contributed by atoms with Crippen molar-refractivity contribution in [3.05, 3.63) is 12.8 Å².